The van der Waals surface area contributed by atoms with Crippen LogP contribution in [0, 0.1) is 12.7 Å². The van der Waals surface area contributed by atoms with Crippen LogP contribution in [-0.4, -0.2) is 34.4 Å². The third-order valence-corrected chi connectivity index (χ3v) is 4.84. The summed E-state index contributed by atoms with van der Waals surface area (Å²) in [7, 11) is 0. The topological polar surface area (TPSA) is 20.3 Å². The van der Waals surface area contributed by atoms with Crippen LogP contribution in [0.5, 0.6) is 0 Å². The van der Waals surface area contributed by atoms with Crippen molar-refractivity contribution in [2.45, 2.75) is 32.1 Å². The molecular weight excluding hydrogens is 249 g/mol. The van der Waals surface area contributed by atoms with Crippen molar-refractivity contribution in [3.05, 3.63) is 35.1 Å². The predicted octanol–water partition coefficient (Wildman–Crippen LogP) is 3.10. The van der Waals surface area contributed by atoms with Gasteiger partial charge in [-0.05, 0) is 31.5 Å². The van der Waals surface area contributed by atoms with E-state index in [1.54, 1.807) is 17.0 Å². The number of thioether (sulfide) groups is 1. The van der Waals surface area contributed by atoms with Crippen molar-refractivity contribution in [1.29, 1.82) is 0 Å². The van der Waals surface area contributed by atoms with E-state index in [1.165, 1.54) is 6.07 Å². The predicted molar refractivity (Wildman–Crippen MR) is 73.6 cm³/mol. The summed E-state index contributed by atoms with van der Waals surface area (Å²) >= 11 is 1.86. The van der Waals surface area contributed by atoms with Crippen LogP contribution in [0.4, 0.5) is 4.39 Å². The number of halogens is 1. The molecule has 0 saturated carbocycles. The van der Waals surface area contributed by atoms with Crippen molar-refractivity contribution >= 4 is 17.7 Å². The standard InChI is InChI=1S/C14H18FNOS/c1-9-4-5-12(13(15)8-9)14(17)16-6-7-18-11(3)10(16)2/h4-5,8,10-11H,6-7H2,1-3H3. The van der Waals surface area contributed by atoms with Crippen molar-refractivity contribution < 1.29 is 9.18 Å². The highest BCUT2D eigenvalue weighted by molar-refractivity contribution is 8.00. The van der Waals surface area contributed by atoms with Gasteiger partial charge in [0.25, 0.3) is 5.91 Å². The van der Waals surface area contributed by atoms with Crippen LogP contribution < -0.4 is 0 Å². The van der Waals surface area contributed by atoms with Crippen LogP contribution in [0.15, 0.2) is 18.2 Å². The van der Waals surface area contributed by atoms with Crippen molar-refractivity contribution in [3.8, 4) is 0 Å². The minimum absolute atomic E-state index is 0.150. The van der Waals surface area contributed by atoms with Crippen molar-refractivity contribution in [3.63, 3.8) is 0 Å². The molecule has 0 radical (unpaired) electrons. The first kappa shape index (κ1) is 13.4. The highest BCUT2D eigenvalue weighted by Gasteiger charge is 2.30. The Morgan fingerprint density at radius 1 is 1.44 bits per heavy atom. The van der Waals surface area contributed by atoms with Crippen LogP contribution in [-0.2, 0) is 0 Å². The summed E-state index contributed by atoms with van der Waals surface area (Å²) in [6, 6.07) is 4.94. The molecule has 1 saturated heterocycles. The van der Waals surface area contributed by atoms with E-state index in [-0.39, 0.29) is 17.5 Å². The molecule has 1 amide bonds. The average Bonchev–Trinajstić information content (AvgIpc) is 2.32. The quantitative estimate of drug-likeness (QED) is 0.779. The Labute approximate surface area is 112 Å². The van der Waals surface area contributed by atoms with Gasteiger partial charge in [-0.1, -0.05) is 13.0 Å². The van der Waals surface area contributed by atoms with Crippen LogP contribution in [0.3, 0.4) is 0 Å². The lowest BCUT2D eigenvalue weighted by Crippen LogP contribution is -2.48. The number of nitrogens with zero attached hydrogens (tertiary/aromatic N) is 1. The van der Waals surface area contributed by atoms with Crippen LogP contribution >= 0.6 is 11.8 Å². The molecule has 0 aliphatic carbocycles. The Bertz CT molecular complexity index is 463. The maximum atomic E-state index is 13.8. The Balaban J connectivity index is 2.25. The summed E-state index contributed by atoms with van der Waals surface area (Å²) < 4.78 is 13.8. The minimum Gasteiger partial charge on any atom is -0.334 e. The largest absolute Gasteiger partial charge is 0.334 e. The molecule has 1 aliphatic heterocycles. The van der Waals surface area contributed by atoms with Crippen molar-refractivity contribution in [2.75, 3.05) is 12.3 Å². The van der Waals surface area contributed by atoms with Gasteiger partial charge in [0.05, 0.1) is 5.56 Å². The van der Waals surface area contributed by atoms with E-state index < -0.39 is 5.82 Å². The maximum Gasteiger partial charge on any atom is 0.257 e. The molecule has 0 N–H and O–H groups in total. The zero-order valence-electron chi connectivity index (χ0n) is 10.9. The first-order chi connectivity index (χ1) is 8.50. The minimum atomic E-state index is -0.418. The van der Waals surface area contributed by atoms with Gasteiger partial charge in [-0.3, -0.25) is 4.79 Å². The van der Waals surface area contributed by atoms with Crippen LogP contribution in [0.2, 0.25) is 0 Å². The molecular formula is C14H18FNOS. The zero-order valence-corrected chi connectivity index (χ0v) is 11.8. The summed E-state index contributed by atoms with van der Waals surface area (Å²) in [5.41, 5.74) is 1.02. The van der Waals surface area contributed by atoms with Gasteiger partial charge in [0.15, 0.2) is 0 Å². The lowest BCUT2D eigenvalue weighted by Gasteiger charge is -2.37. The van der Waals surface area contributed by atoms with Gasteiger partial charge in [0, 0.05) is 23.6 Å². The summed E-state index contributed by atoms with van der Waals surface area (Å²) in [6.07, 6.45) is 0. The molecule has 2 unspecified atom stereocenters. The lowest BCUT2D eigenvalue weighted by molar-refractivity contribution is 0.0693. The average molecular weight is 267 g/mol. The van der Waals surface area contributed by atoms with Gasteiger partial charge in [-0.15, -0.1) is 0 Å². The third-order valence-electron chi connectivity index (χ3n) is 3.50. The van der Waals surface area contributed by atoms with Crippen LogP contribution in [0.25, 0.3) is 0 Å². The molecule has 0 spiro atoms. The zero-order chi connectivity index (χ0) is 13.3. The molecule has 0 aromatic heterocycles. The number of hydrogen-bond acceptors (Lipinski definition) is 2. The summed E-state index contributed by atoms with van der Waals surface area (Å²) in [4.78, 5) is 14.2. The molecule has 98 valence electrons. The normalized spacial score (nSPS) is 24.1. The first-order valence-electron chi connectivity index (χ1n) is 6.19. The number of benzene rings is 1. The second-order valence-corrected chi connectivity index (χ2v) is 6.28. The lowest BCUT2D eigenvalue weighted by atomic mass is 10.1. The van der Waals surface area contributed by atoms with Crippen molar-refractivity contribution in [2.24, 2.45) is 0 Å². The monoisotopic (exact) mass is 267 g/mol. The molecule has 4 heteroatoms. The Kier molecular flexibility index (Phi) is 3.95. The molecule has 1 heterocycles. The highest BCUT2D eigenvalue weighted by Crippen LogP contribution is 2.26. The first-order valence-corrected chi connectivity index (χ1v) is 7.24. The van der Waals surface area contributed by atoms with Gasteiger partial charge in [0.2, 0.25) is 0 Å². The van der Waals surface area contributed by atoms with Gasteiger partial charge >= 0.3 is 0 Å². The second-order valence-electron chi connectivity index (χ2n) is 4.80. The van der Waals surface area contributed by atoms with Crippen molar-refractivity contribution in [1.82, 2.24) is 4.90 Å². The van der Waals surface area contributed by atoms with E-state index in [4.69, 9.17) is 0 Å². The number of carbonyl (C=O) groups excluding carboxylic acids is 1. The Morgan fingerprint density at radius 2 is 2.17 bits per heavy atom. The number of amides is 1. The molecule has 1 aromatic rings. The Morgan fingerprint density at radius 3 is 2.83 bits per heavy atom. The molecule has 0 bridgehead atoms. The van der Waals surface area contributed by atoms with E-state index in [0.29, 0.717) is 11.8 Å². The van der Waals surface area contributed by atoms with E-state index in [9.17, 15) is 9.18 Å². The van der Waals surface area contributed by atoms with Gasteiger partial charge in [-0.2, -0.15) is 11.8 Å². The third kappa shape index (κ3) is 2.53. The van der Waals surface area contributed by atoms with E-state index in [1.807, 2.05) is 25.6 Å². The van der Waals surface area contributed by atoms with Gasteiger partial charge < -0.3 is 4.90 Å². The van der Waals surface area contributed by atoms with E-state index in [2.05, 4.69) is 6.92 Å². The smallest absolute Gasteiger partial charge is 0.257 e. The molecule has 1 aromatic carbocycles. The second kappa shape index (κ2) is 5.31. The fourth-order valence-corrected chi connectivity index (χ4v) is 3.27. The van der Waals surface area contributed by atoms with E-state index in [0.717, 1.165) is 11.3 Å². The van der Waals surface area contributed by atoms with E-state index >= 15 is 0 Å². The number of aryl methyl sites for hydroxylation is 1. The highest BCUT2D eigenvalue weighted by atomic mass is 32.2. The molecule has 1 fully saturated rings. The van der Waals surface area contributed by atoms with Gasteiger partial charge in [-0.25, -0.2) is 4.39 Å². The molecule has 2 atom stereocenters. The molecule has 2 nitrogen and oxygen atoms in total. The Hall–Kier alpha value is -1.03. The fourth-order valence-electron chi connectivity index (χ4n) is 2.17. The summed E-state index contributed by atoms with van der Waals surface area (Å²) in [6.45, 7) is 6.66. The number of hydrogen-bond donors (Lipinski definition) is 0. The summed E-state index contributed by atoms with van der Waals surface area (Å²) in [5.74, 6) is 0.315. The molecule has 18 heavy (non-hydrogen) atoms. The molecule has 2 rings (SSSR count). The molecule has 1 aliphatic rings. The SMILES string of the molecule is Cc1ccc(C(=O)N2CCSC(C)C2C)c(F)c1. The number of carbonyl (C=O) groups is 1. The van der Waals surface area contributed by atoms with Crippen LogP contribution in [0.1, 0.15) is 29.8 Å². The number of rotatable bonds is 1. The maximum absolute atomic E-state index is 13.8. The van der Waals surface area contributed by atoms with Gasteiger partial charge in [0.1, 0.15) is 5.82 Å². The fraction of sp³-hybridized carbons (Fsp3) is 0.500. The summed E-state index contributed by atoms with van der Waals surface area (Å²) in [5, 5.41) is 0.399.